The number of halogens is 3. The van der Waals surface area contributed by atoms with Gasteiger partial charge < -0.3 is 5.32 Å². The van der Waals surface area contributed by atoms with E-state index in [0.717, 1.165) is 0 Å². The second-order valence-electron chi connectivity index (χ2n) is 2.83. The van der Waals surface area contributed by atoms with Gasteiger partial charge in [-0.3, -0.25) is 0 Å². The lowest BCUT2D eigenvalue weighted by atomic mass is 10.3. The Morgan fingerprint density at radius 3 is 2.80 bits per heavy atom. The molecule has 0 bridgehead atoms. The average molecular weight is 215 g/mol. The largest absolute Gasteiger partial charge is 0.390 e. The van der Waals surface area contributed by atoms with Crippen LogP contribution in [0.15, 0.2) is 18.3 Å². The Hall–Kier alpha value is -1.77. The quantitative estimate of drug-likeness (QED) is 0.841. The summed E-state index contributed by atoms with van der Waals surface area (Å²) >= 11 is 0. The van der Waals surface area contributed by atoms with E-state index in [-0.39, 0.29) is 12.4 Å². The minimum atomic E-state index is -4.18. The average Bonchev–Trinajstić information content (AvgIpc) is 2.16. The molecule has 0 aliphatic carbocycles. The van der Waals surface area contributed by atoms with Gasteiger partial charge in [-0.1, -0.05) is 0 Å². The maximum absolute atomic E-state index is 11.8. The van der Waals surface area contributed by atoms with E-state index in [9.17, 15) is 13.2 Å². The highest BCUT2D eigenvalue weighted by atomic mass is 19.4. The van der Waals surface area contributed by atoms with Crippen molar-refractivity contribution in [1.29, 1.82) is 5.26 Å². The zero-order valence-corrected chi connectivity index (χ0v) is 7.67. The molecule has 0 saturated carbocycles. The molecule has 15 heavy (non-hydrogen) atoms. The molecule has 80 valence electrons. The summed E-state index contributed by atoms with van der Waals surface area (Å²) in [5, 5.41) is 11.0. The number of anilines is 1. The maximum Gasteiger partial charge on any atom is 0.390 e. The first-order valence-electron chi connectivity index (χ1n) is 4.18. The summed E-state index contributed by atoms with van der Waals surface area (Å²) in [6, 6.07) is 4.75. The van der Waals surface area contributed by atoms with E-state index in [4.69, 9.17) is 5.26 Å². The summed E-state index contributed by atoms with van der Waals surface area (Å²) in [5.74, 6) is 0.276. The van der Waals surface area contributed by atoms with E-state index in [1.54, 1.807) is 0 Å². The smallest absolute Gasteiger partial charge is 0.370 e. The highest BCUT2D eigenvalue weighted by molar-refractivity contribution is 5.42. The van der Waals surface area contributed by atoms with E-state index >= 15 is 0 Å². The molecule has 1 heterocycles. The minimum Gasteiger partial charge on any atom is -0.370 e. The number of hydrogen-bond donors (Lipinski definition) is 1. The first-order chi connectivity index (χ1) is 7.01. The third kappa shape index (κ3) is 4.31. The lowest BCUT2D eigenvalue weighted by Crippen LogP contribution is -2.15. The van der Waals surface area contributed by atoms with Gasteiger partial charge in [0.25, 0.3) is 0 Å². The first-order valence-corrected chi connectivity index (χ1v) is 4.18. The van der Waals surface area contributed by atoms with Crippen LogP contribution in [0.5, 0.6) is 0 Å². The Morgan fingerprint density at radius 1 is 1.47 bits per heavy atom. The van der Waals surface area contributed by atoms with Gasteiger partial charge in [0.1, 0.15) is 5.82 Å². The van der Waals surface area contributed by atoms with Crippen LogP contribution >= 0.6 is 0 Å². The number of nitrogens with one attached hydrogen (secondary N) is 1. The number of pyridine rings is 1. The van der Waals surface area contributed by atoms with Crippen LogP contribution in [-0.4, -0.2) is 17.7 Å². The van der Waals surface area contributed by atoms with Gasteiger partial charge in [0.15, 0.2) is 0 Å². The lowest BCUT2D eigenvalue weighted by molar-refractivity contribution is -0.131. The van der Waals surface area contributed by atoms with Crippen LogP contribution in [0.2, 0.25) is 0 Å². The van der Waals surface area contributed by atoms with Gasteiger partial charge in [0.2, 0.25) is 0 Å². The van der Waals surface area contributed by atoms with Crippen molar-refractivity contribution >= 4 is 5.82 Å². The SMILES string of the molecule is N#Cc1ccnc(NCCC(F)(F)F)c1. The molecule has 0 saturated heterocycles. The minimum absolute atomic E-state index is 0.245. The third-order valence-corrected chi connectivity index (χ3v) is 1.60. The molecule has 1 aromatic rings. The molecule has 0 aliphatic heterocycles. The fraction of sp³-hybridized carbons (Fsp3) is 0.333. The van der Waals surface area contributed by atoms with E-state index in [0.29, 0.717) is 5.56 Å². The third-order valence-electron chi connectivity index (χ3n) is 1.60. The number of aromatic nitrogens is 1. The van der Waals surface area contributed by atoms with E-state index < -0.39 is 12.6 Å². The molecule has 0 aliphatic rings. The highest BCUT2D eigenvalue weighted by Gasteiger charge is 2.26. The molecule has 0 aromatic carbocycles. The van der Waals surface area contributed by atoms with Crippen LogP contribution in [0.1, 0.15) is 12.0 Å². The van der Waals surface area contributed by atoms with Gasteiger partial charge >= 0.3 is 6.18 Å². The van der Waals surface area contributed by atoms with Crippen LogP contribution in [0.3, 0.4) is 0 Å². The van der Waals surface area contributed by atoms with Crippen molar-refractivity contribution in [1.82, 2.24) is 4.98 Å². The summed E-state index contributed by atoms with van der Waals surface area (Å²) in [6.45, 7) is -0.245. The lowest BCUT2D eigenvalue weighted by Gasteiger charge is -2.07. The summed E-state index contributed by atoms with van der Waals surface area (Å²) < 4.78 is 35.4. The number of hydrogen-bond acceptors (Lipinski definition) is 3. The summed E-state index contributed by atoms with van der Waals surface area (Å²) in [5.41, 5.74) is 0.361. The van der Waals surface area contributed by atoms with Crippen molar-refractivity contribution < 1.29 is 13.2 Å². The van der Waals surface area contributed by atoms with Crippen LogP contribution in [-0.2, 0) is 0 Å². The summed E-state index contributed by atoms with van der Waals surface area (Å²) in [4.78, 5) is 3.78. The van der Waals surface area contributed by atoms with Crippen LogP contribution in [0.4, 0.5) is 19.0 Å². The van der Waals surface area contributed by atoms with Crippen LogP contribution < -0.4 is 5.32 Å². The number of nitriles is 1. The standard InChI is InChI=1S/C9H8F3N3/c10-9(11,12)2-4-15-8-5-7(6-13)1-3-14-8/h1,3,5H,2,4H2,(H,14,15). The predicted octanol–water partition coefficient (Wildman–Crippen LogP) is 2.32. The molecule has 3 nitrogen and oxygen atoms in total. The predicted molar refractivity (Wildman–Crippen MR) is 48.1 cm³/mol. The van der Waals surface area contributed by atoms with Gasteiger partial charge in [0, 0.05) is 12.7 Å². The Bertz CT molecular complexity index is 368. The molecule has 1 aromatic heterocycles. The Morgan fingerprint density at radius 2 is 2.20 bits per heavy atom. The highest BCUT2D eigenvalue weighted by Crippen LogP contribution is 2.19. The number of rotatable bonds is 3. The van der Waals surface area contributed by atoms with Gasteiger partial charge in [-0.05, 0) is 12.1 Å². The monoisotopic (exact) mass is 215 g/mol. The van der Waals surface area contributed by atoms with Gasteiger partial charge in [-0.2, -0.15) is 18.4 Å². The zero-order chi connectivity index (χ0) is 11.3. The molecular formula is C9H8F3N3. The summed E-state index contributed by atoms with van der Waals surface area (Å²) in [7, 11) is 0. The second kappa shape index (κ2) is 4.64. The fourth-order valence-electron chi connectivity index (χ4n) is 0.929. The maximum atomic E-state index is 11.8. The molecule has 0 amide bonds. The van der Waals surface area contributed by atoms with Crippen LogP contribution in [0.25, 0.3) is 0 Å². The van der Waals surface area contributed by atoms with Gasteiger partial charge in [-0.25, -0.2) is 4.98 Å². The Kier molecular flexibility index (Phi) is 3.50. The zero-order valence-electron chi connectivity index (χ0n) is 7.67. The number of nitrogens with zero attached hydrogens (tertiary/aromatic N) is 2. The molecule has 1 rings (SSSR count). The van der Waals surface area contributed by atoms with Crippen molar-refractivity contribution in [2.24, 2.45) is 0 Å². The van der Waals surface area contributed by atoms with Crippen molar-refractivity contribution in [3.63, 3.8) is 0 Å². The summed E-state index contributed by atoms with van der Waals surface area (Å²) in [6.07, 6.45) is -3.74. The van der Waals surface area contributed by atoms with Gasteiger partial charge in [-0.15, -0.1) is 0 Å². The fourth-order valence-corrected chi connectivity index (χ4v) is 0.929. The molecule has 1 N–H and O–H groups in total. The Balaban J connectivity index is 2.48. The number of alkyl halides is 3. The van der Waals surface area contributed by atoms with E-state index in [2.05, 4.69) is 10.3 Å². The molecule has 0 atom stereocenters. The van der Waals surface area contributed by atoms with E-state index in [1.807, 2.05) is 6.07 Å². The molecule has 0 unspecified atom stereocenters. The molecule has 6 heteroatoms. The Labute approximate surface area is 84.5 Å². The van der Waals surface area contributed by atoms with Crippen molar-refractivity contribution in [2.45, 2.75) is 12.6 Å². The molecule has 0 radical (unpaired) electrons. The van der Waals surface area contributed by atoms with Crippen LogP contribution in [0, 0.1) is 11.3 Å². The van der Waals surface area contributed by atoms with Crippen molar-refractivity contribution in [2.75, 3.05) is 11.9 Å². The van der Waals surface area contributed by atoms with Crippen molar-refractivity contribution in [3.05, 3.63) is 23.9 Å². The van der Waals surface area contributed by atoms with E-state index in [1.165, 1.54) is 18.3 Å². The topological polar surface area (TPSA) is 48.7 Å². The van der Waals surface area contributed by atoms with Crippen molar-refractivity contribution in [3.8, 4) is 6.07 Å². The second-order valence-corrected chi connectivity index (χ2v) is 2.83. The molecular weight excluding hydrogens is 207 g/mol. The van der Waals surface area contributed by atoms with Gasteiger partial charge in [0.05, 0.1) is 18.1 Å². The molecule has 0 fully saturated rings. The molecule has 0 spiro atoms. The first kappa shape index (κ1) is 11.3. The normalized spacial score (nSPS) is 10.8.